The number of H-pyrrole nitrogens is 1. The highest BCUT2D eigenvalue weighted by Gasteiger charge is 2.37. The van der Waals surface area contributed by atoms with Crippen LogP contribution in [0.5, 0.6) is 0 Å². The van der Waals surface area contributed by atoms with Crippen LogP contribution in [0, 0.1) is 5.92 Å². The fourth-order valence-corrected chi connectivity index (χ4v) is 3.36. The summed E-state index contributed by atoms with van der Waals surface area (Å²) in [4.78, 5) is 32.0. The lowest BCUT2D eigenvalue weighted by atomic mass is 9.96. The summed E-state index contributed by atoms with van der Waals surface area (Å²) in [5.41, 5.74) is 1.23. The van der Waals surface area contributed by atoms with Crippen LogP contribution in [0.15, 0.2) is 30.9 Å². The second-order valence-electron chi connectivity index (χ2n) is 6.81. The Labute approximate surface area is 163 Å². The van der Waals surface area contributed by atoms with Crippen molar-refractivity contribution in [3.05, 3.63) is 42.2 Å². The Morgan fingerprint density at radius 3 is 2.76 bits per heavy atom. The zero-order valence-corrected chi connectivity index (χ0v) is 15.3. The molecular formula is C18H18F3N7O. The Morgan fingerprint density at radius 1 is 1.28 bits per heavy atom. The number of nitrogens with one attached hydrogen (secondary N) is 2. The fraction of sp³-hybridized carbons (Fsp3) is 0.389. The van der Waals surface area contributed by atoms with Crippen LogP contribution in [-0.4, -0.2) is 43.9 Å². The molecule has 0 spiro atoms. The molecule has 1 amide bonds. The number of hydrogen-bond donors (Lipinski definition) is 2. The van der Waals surface area contributed by atoms with Gasteiger partial charge in [0.15, 0.2) is 11.5 Å². The molecule has 4 rings (SSSR count). The third-order valence-electron chi connectivity index (χ3n) is 4.87. The molecular weight excluding hydrogens is 387 g/mol. The van der Waals surface area contributed by atoms with E-state index in [4.69, 9.17) is 0 Å². The third kappa shape index (κ3) is 4.13. The standard InChI is InChI=1S/C18H18F3N7O/c19-18(20,21)17-26-14-13(24-10-25-14)15(27-17)28-6-3-12(4-7-28)16(29)23-9-11-2-1-5-22-8-11/h1-2,5,8,10,12H,3-4,6-7,9H2,(H,23,29)(H,24,25,26,27). The number of anilines is 1. The number of piperidine rings is 1. The van der Waals surface area contributed by atoms with Gasteiger partial charge in [0.25, 0.3) is 0 Å². The number of hydrogen-bond acceptors (Lipinski definition) is 6. The first-order chi connectivity index (χ1) is 13.9. The van der Waals surface area contributed by atoms with Crippen molar-refractivity contribution in [1.82, 2.24) is 30.2 Å². The molecule has 0 aromatic carbocycles. The molecule has 0 atom stereocenters. The molecule has 3 aromatic heterocycles. The number of alkyl halides is 3. The highest BCUT2D eigenvalue weighted by Crippen LogP contribution is 2.32. The van der Waals surface area contributed by atoms with Crippen molar-refractivity contribution < 1.29 is 18.0 Å². The van der Waals surface area contributed by atoms with Crippen LogP contribution in [0.1, 0.15) is 24.2 Å². The Hall–Kier alpha value is -3.24. The van der Waals surface area contributed by atoms with Gasteiger partial charge in [-0.25, -0.2) is 15.0 Å². The molecule has 1 aliphatic heterocycles. The number of rotatable bonds is 4. The predicted octanol–water partition coefficient (Wildman–Crippen LogP) is 2.30. The van der Waals surface area contributed by atoms with E-state index in [1.165, 1.54) is 6.33 Å². The first-order valence-corrected chi connectivity index (χ1v) is 9.11. The molecule has 1 fully saturated rings. The largest absolute Gasteiger partial charge is 0.451 e. The van der Waals surface area contributed by atoms with Crippen molar-refractivity contribution >= 4 is 22.9 Å². The smallest absolute Gasteiger partial charge is 0.355 e. The van der Waals surface area contributed by atoms with E-state index in [9.17, 15) is 18.0 Å². The molecule has 0 aliphatic carbocycles. The first kappa shape index (κ1) is 19.1. The molecule has 29 heavy (non-hydrogen) atoms. The van der Waals surface area contributed by atoms with Crippen LogP contribution in [0.3, 0.4) is 0 Å². The van der Waals surface area contributed by atoms with E-state index in [1.807, 2.05) is 6.07 Å². The first-order valence-electron chi connectivity index (χ1n) is 9.11. The number of pyridine rings is 1. The van der Waals surface area contributed by atoms with E-state index in [0.717, 1.165) is 5.56 Å². The lowest BCUT2D eigenvalue weighted by Crippen LogP contribution is -2.41. The number of nitrogens with zero attached hydrogens (tertiary/aromatic N) is 5. The summed E-state index contributed by atoms with van der Waals surface area (Å²) in [6.45, 7) is 1.21. The van der Waals surface area contributed by atoms with E-state index in [1.54, 1.807) is 23.4 Å². The lowest BCUT2D eigenvalue weighted by Gasteiger charge is -2.32. The fourth-order valence-electron chi connectivity index (χ4n) is 3.36. The minimum Gasteiger partial charge on any atom is -0.355 e. The van der Waals surface area contributed by atoms with Crippen LogP contribution >= 0.6 is 0 Å². The van der Waals surface area contributed by atoms with E-state index >= 15 is 0 Å². The third-order valence-corrected chi connectivity index (χ3v) is 4.87. The van der Waals surface area contributed by atoms with Crippen molar-refractivity contribution in [2.24, 2.45) is 5.92 Å². The summed E-state index contributed by atoms with van der Waals surface area (Å²) >= 11 is 0. The van der Waals surface area contributed by atoms with Crippen LogP contribution in [-0.2, 0) is 17.5 Å². The van der Waals surface area contributed by atoms with Gasteiger partial charge in [-0.2, -0.15) is 13.2 Å². The van der Waals surface area contributed by atoms with E-state index < -0.39 is 12.0 Å². The minimum atomic E-state index is -4.66. The number of halogens is 3. The number of carbonyl (C=O) groups excluding carboxylic acids is 1. The molecule has 11 heteroatoms. The van der Waals surface area contributed by atoms with Crippen LogP contribution < -0.4 is 10.2 Å². The van der Waals surface area contributed by atoms with Gasteiger partial charge < -0.3 is 15.2 Å². The van der Waals surface area contributed by atoms with Gasteiger partial charge in [-0.15, -0.1) is 0 Å². The second-order valence-corrected chi connectivity index (χ2v) is 6.81. The highest BCUT2D eigenvalue weighted by atomic mass is 19.4. The maximum Gasteiger partial charge on any atom is 0.451 e. The van der Waals surface area contributed by atoms with Gasteiger partial charge in [-0.05, 0) is 24.5 Å². The molecule has 3 aromatic rings. The highest BCUT2D eigenvalue weighted by molar-refractivity contribution is 5.83. The monoisotopic (exact) mass is 405 g/mol. The number of imidazole rings is 1. The lowest BCUT2D eigenvalue weighted by molar-refractivity contribution is -0.144. The van der Waals surface area contributed by atoms with Gasteiger partial charge in [0, 0.05) is 37.9 Å². The summed E-state index contributed by atoms with van der Waals surface area (Å²) in [7, 11) is 0. The molecule has 1 aliphatic rings. The van der Waals surface area contributed by atoms with Crippen molar-refractivity contribution in [3.63, 3.8) is 0 Å². The van der Waals surface area contributed by atoms with E-state index in [0.29, 0.717) is 38.0 Å². The summed E-state index contributed by atoms with van der Waals surface area (Å²) in [6.07, 6.45) is 1.01. The van der Waals surface area contributed by atoms with Crippen molar-refractivity contribution in [1.29, 1.82) is 0 Å². The molecule has 8 nitrogen and oxygen atoms in total. The maximum atomic E-state index is 13.1. The van der Waals surface area contributed by atoms with Crippen molar-refractivity contribution in [2.45, 2.75) is 25.6 Å². The number of aromatic nitrogens is 5. The number of aromatic amines is 1. The van der Waals surface area contributed by atoms with Gasteiger partial charge in [0.05, 0.1) is 6.33 Å². The number of amides is 1. The molecule has 0 radical (unpaired) electrons. The van der Waals surface area contributed by atoms with Crippen LogP contribution in [0.4, 0.5) is 19.0 Å². The van der Waals surface area contributed by atoms with E-state index in [2.05, 4.69) is 30.2 Å². The zero-order chi connectivity index (χ0) is 20.4. The predicted molar refractivity (Wildman–Crippen MR) is 97.7 cm³/mol. The molecule has 1 saturated heterocycles. The van der Waals surface area contributed by atoms with Gasteiger partial charge >= 0.3 is 6.18 Å². The molecule has 0 bridgehead atoms. The summed E-state index contributed by atoms with van der Waals surface area (Å²) in [6, 6.07) is 3.67. The Balaban J connectivity index is 1.43. The average Bonchev–Trinajstić information content (AvgIpc) is 3.20. The quantitative estimate of drug-likeness (QED) is 0.691. The normalized spacial score (nSPS) is 15.6. The zero-order valence-electron chi connectivity index (χ0n) is 15.3. The summed E-state index contributed by atoms with van der Waals surface area (Å²) in [5.74, 6) is -1.33. The Kier molecular flexibility index (Phi) is 5.03. The van der Waals surface area contributed by atoms with E-state index in [-0.39, 0.29) is 23.3 Å². The molecule has 2 N–H and O–H groups in total. The van der Waals surface area contributed by atoms with Gasteiger partial charge in [0.2, 0.25) is 11.7 Å². The summed E-state index contributed by atoms with van der Waals surface area (Å²) in [5, 5.41) is 2.89. The number of carbonyl (C=O) groups is 1. The van der Waals surface area contributed by atoms with Crippen molar-refractivity contribution in [2.75, 3.05) is 18.0 Å². The molecule has 152 valence electrons. The Bertz CT molecular complexity index is 998. The number of fused-ring (bicyclic) bond motifs is 1. The molecule has 4 heterocycles. The van der Waals surface area contributed by atoms with Gasteiger partial charge in [-0.3, -0.25) is 9.78 Å². The maximum absolute atomic E-state index is 13.1. The minimum absolute atomic E-state index is 0.0290. The SMILES string of the molecule is O=C(NCc1cccnc1)C1CCN(c2nc(C(F)(F)F)nc3nc[nH]c23)CC1. The second kappa shape index (κ2) is 7.64. The van der Waals surface area contributed by atoms with Crippen molar-refractivity contribution in [3.8, 4) is 0 Å². The topological polar surface area (TPSA) is 99.7 Å². The summed E-state index contributed by atoms with van der Waals surface area (Å²) < 4.78 is 39.4. The van der Waals surface area contributed by atoms with Crippen LogP contribution in [0.2, 0.25) is 0 Å². The Morgan fingerprint density at radius 2 is 2.07 bits per heavy atom. The van der Waals surface area contributed by atoms with Gasteiger partial charge in [0.1, 0.15) is 5.52 Å². The molecule has 0 unspecified atom stereocenters. The average molecular weight is 405 g/mol. The van der Waals surface area contributed by atoms with Gasteiger partial charge in [-0.1, -0.05) is 6.07 Å². The van der Waals surface area contributed by atoms with Crippen LogP contribution in [0.25, 0.3) is 11.2 Å². The molecule has 0 saturated carbocycles.